The fourth-order valence-corrected chi connectivity index (χ4v) is 2.50. The van der Waals surface area contributed by atoms with Crippen LogP contribution in [-0.4, -0.2) is 18.5 Å². The van der Waals surface area contributed by atoms with Crippen molar-refractivity contribution in [1.29, 1.82) is 0 Å². The molecule has 0 amide bonds. The molecule has 1 aliphatic carbocycles. The van der Waals surface area contributed by atoms with Crippen molar-refractivity contribution in [2.75, 3.05) is 6.61 Å². The molecule has 2 fully saturated rings. The molecule has 0 aromatic heterocycles. The summed E-state index contributed by atoms with van der Waals surface area (Å²) in [5.41, 5.74) is 0. The Labute approximate surface area is 79.7 Å². The first-order valence-corrected chi connectivity index (χ1v) is 5.44. The number of hydrogen-bond acceptors (Lipinski definition) is 2. The van der Waals surface area contributed by atoms with E-state index in [4.69, 9.17) is 4.74 Å². The predicted octanol–water partition coefficient (Wildman–Crippen LogP) is 2.17. The summed E-state index contributed by atoms with van der Waals surface area (Å²) < 4.78 is 5.49. The summed E-state index contributed by atoms with van der Waals surface area (Å²) in [7, 11) is 0. The zero-order chi connectivity index (χ0) is 9.26. The van der Waals surface area contributed by atoms with Crippen LogP contribution in [0.4, 0.5) is 0 Å². The van der Waals surface area contributed by atoms with E-state index in [0.717, 1.165) is 25.9 Å². The Balaban J connectivity index is 1.95. The maximum Gasteiger partial charge on any atom is 0.164 e. The Morgan fingerprint density at radius 3 is 2.46 bits per heavy atom. The van der Waals surface area contributed by atoms with Gasteiger partial charge < -0.3 is 4.74 Å². The van der Waals surface area contributed by atoms with Crippen LogP contribution < -0.4 is 0 Å². The van der Waals surface area contributed by atoms with Crippen molar-refractivity contribution >= 4 is 5.78 Å². The van der Waals surface area contributed by atoms with Gasteiger partial charge in [-0.1, -0.05) is 19.8 Å². The number of carbonyl (C=O) groups is 1. The summed E-state index contributed by atoms with van der Waals surface area (Å²) in [6, 6.07) is 0. The number of rotatable bonds is 2. The summed E-state index contributed by atoms with van der Waals surface area (Å²) in [4.78, 5) is 11.9. The smallest absolute Gasteiger partial charge is 0.164 e. The molecule has 74 valence electrons. The van der Waals surface area contributed by atoms with Crippen molar-refractivity contribution in [3.8, 4) is 0 Å². The van der Waals surface area contributed by atoms with Gasteiger partial charge in [-0.05, 0) is 25.2 Å². The minimum atomic E-state index is -0.0666. The van der Waals surface area contributed by atoms with Crippen molar-refractivity contribution in [3.63, 3.8) is 0 Å². The summed E-state index contributed by atoms with van der Waals surface area (Å²) in [5.74, 6) is 1.17. The van der Waals surface area contributed by atoms with E-state index in [1.54, 1.807) is 0 Å². The second-order valence-electron chi connectivity index (χ2n) is 4.44. The molecule has 2 atom stereocenters. The van der Waals surface area contributed by atoms with Gasteiger partial charge in [0.2, 0.25) is 0 Å². The molecule has 1 heterocycles. The highest BCUT2D eigenvalue weighted by Gasteiger charge is 2.35. The van der Waals surface area contributed by atoms with Crippen LogP contribution in [0.5, 0.6) is 0 Å². The van der Waals surface area contributed by atoms with Gasteiger partial charge in [0.15, 0.2) is 5.78 Å². The standard InChI is InChI=1S/C11H18O2/c1-8-6-7-13-11(8)10(12)9-4-2-3-5-9/h8-9,11H,2-7H2,1H3. The van der Waals surface area contributed by atoms with E-state index in [-0.39, 0.29) is 6.10 Å². The van der Waals surface area contributed by atoms with Gasteiger partial charge in [0.25, 0.3) is 0 Å². The highest BCUT2D eigenvalue weighted by atomic mass is 16.5. The normalized spacial score (nSPS) is 35.5. The molecule has 1 aliphatic heterocycles. The number of hydrogen-bond donors (Lipinski definition) is 0. The average Bonchev–Trinajstić information content (AvgIpc) is 2.72. The summed E-state index contributed by atoms with van der Waals surface area (Å²) >= 11 is 0. The van der Waals surface area contributed by atoms with Crippen molar-refractivity contribution in [2.45, 2.75) is 45.1 Å². The SMILES string of the molecule is CC1CCOC1C(=O)C1CCCC1. The average molecular weight is 182 g/mol. The highest BCUT2D eigenvalue weighted by molar-refractivity contribution is 5.86. The first-order valence-electron chi connectivity index (χ1n) is 5.44. The molecular formula is C11H18O2. The van der Waals surface area contributed by atoms with Gasteiger partial charge in [0.1, 0.15) is 6.10 Å². The molecule has 2 aliphatic rings. The predicted molar refractivity (Wildman–Crippen MR) is 50.5 cm³/mol. The third-order valence-electron chi connectivity index (χ3n) is 3.43. The second kappa shape index (κ2) is 3.79. The first kappa shape index (κ1) is 9.20. The molecule has 2 rings (SSSR count). The van der Waals surface area contributed by atoms with Crippen LogP contribution in [0, 0.1) is 11.8 Å². The van der Waals surface area contributed by atoms with E-state index >= 15 is 0 Å². The number of Topliss-reactive ketones (excluding diaryl/α,β-unsaturated/α-hetero) is 1. The molecule has 2 nitrogen and oxygen atoms in total. The molecule has 0 bridgehead atoms. The van der Waals surface area contributed by atoms with Crippen LogP contribution in [0.15, 0.2) is 0 Å². The van der Waals surface area contributed by atoms with E-state index in [1.807, 2.05) is 0 Å². The summed E-state index contributed by atoms with van der Waals surface area (Å²) in [5, 5.41) is 0. The van der Waals surface area contributed by atoms with E-state index in [1.165, 1.54) is 12.8 Å². The fraction of sp³-hybridized carbons (Fsp3) is 0.909. The van der Waals surface area contributed by atoms with Crippen molar-refractivity contribution in [1.82, 2.24) is 0 Å². The Bertz CT molecular complexity index is 194. The number of carbonyl (C=O) groups excluding carboxylic acids is 1. The van der Waals surface area contributed by atoms with Gasteiger partial charge in [0.05, 0.1) is 0 Å². The molecule has 2 heteroatoms. The topological polar surface area (TPSA) is 26.3 Å². The Hall–Kier alpha value is -0.370. The first-order chi connectivity index (χ1) is 6.29. The third kappa shape index (κ3) is 1.78. The quantitative estimate of drug-likeness (QED) is 0.654. The maximum atomic E-state index is 11.9. The van der Waals surface area contributed by atoms with Crippen LogP contribution in [-0.2, 0) is 9.53 Å². The molecule has 13 heavy (non-hydrogen) atoms. The Morgan fingerprint density at radius 1 is 1.23 bits per heavy atom. The lowest BCUT2D eigenvalue weighted by molar-refractivity contribution is -0.133. The largest absolute Gasteiger partial charge is 0.370 e. The molecule has 0 spiro atoms. The van der Waals surface area contributed by atoms with Crippen LogP contribution >= 0.6 is 0 Å². The molecule has 0 N–H and O–H groups in total. The van der Waals surface area contributed by atoms with Gasteiger partial charge >= 0.3 is 0 Å². The van der Waals surface area contributed by atoms with Gasteiger partial charge in [-0.2, -0.15) is 0 Å². The lowest BCUT2D eigenvalue weighted by atomic mass is 9.91. The van der Waals surface area contributed by atoms with Crippen LogP contribution in [0.1, 0.15) is 39.0 Å². The van der Waals surface area contributed by atoms with Gasteiger partial charge in [-0.25, -0.2) is 0 Å². The van der Waals surface area contributed by atoms with Crippen molar-refractivity contribution in [2.24, 2.45) is 11.8 Å². The summed E-state index contributed by atoms with van der Waals surface area (Å²) in [6.45, 7) is 2.91. The van der Waals surface area contributed by atoms with E-state index < -0.39 is 0 Å². The number of ether oxygens (including phenoxy) is 1. The lowest BCUT2D eigenvalue weighted by Crippen LogP contribution is -2.30. The molecular weight excluding hydrogens is 164 g/mol. The molecule has 0 aromatic rings. The maximum absolute atomic E-state index is 11.9. The summed E-state index contributed by atoms with van der Waals surface area (Å²) in [6.07, 6.45) is 5.66. The Kier molecular flexibility index (Phi) is 2.68. The molecule has 0 radical (unpaired) electrons. The zero-order valence-electron chi connectivity index (χ0n) is 8.29. The number of ketones is 1. The monoisotopic (exact) mass is 182 g/mol. The van der Waals surface area contributed by atoms with Gasteiger partial charge in [-0.3, -0.25) is 4.79 Å². The second-order valence-corrected chi connectivity index (χ2v) is 4.44. The van der Waals surface area contributed by atoms with Gasteiger partial charge in [-0.15, -0.1) is 0 Å². The third-order valence-corrected chi connectivity index (χ3v) is 3.43. The lowest BCUT2D eigenvalue weighted by Gasteiger charge is -2.17. The van der Waals surface area contributed by atoms with E-state index in [9.17, 15) is 4.79 Å². The van der Waals surface area contributed by atoms with Crippen LogP contribution in [0.3, 0.4) is 0 Å². The molecule has 1 saturated carbocycles. The van der Waals surface area contributed by atoms with Gasteiger partial charge in [0, 0.05) is 12.5 Å². The van der Waals surface area contributed by atoms with E-state index in [2.05, 4.69) is 6.92 Å². The van der Waals surface area contributed by atoms with E-state index in [0.29, 0.717) is 17.6 Å². The van der Waals surface area contributed by atoms with Crippen LogP contribution in [0.25, 0.3) is 0 Å². The van der Waals surface area contributed by atoms with Crippen molar-refractivity contribution < 1.29 is 9.53 Å². The van der Waals surface area contributed by atoms with Crippen molar-refractivity contribution in [3.05, 3.63) is 0 Å². The Morgan fingerprint density at radius 2 is 1.92 bits per heavy atom. The molecule has 0 aromatic carbocycles. The molecule has 1 saturated heterocycles. The minimum Gasteiger partial charge on any atom is -0.370 e. The molecule has 2 unspecified atom stereocenters. The fourth-order valence-electron chi connectivity index (χ4n) is 2.50. The van der Waals surface area contributed by atoms with Crippen LogP contribution in [0.2, 0.25) is 0 Å². The minimum absolute atomic E-state index is 0.0666. The highest BCUT2D eigenvalue weighted by Crippen LogP contribution is 2.31. The zero-order valence-corrected chi connectivity index (χ0v) is 8.29.